The normalized spacial score (nSPS) is 10.4. The molecule has 0 radical (unpaired) electrons. The molecule has 144 valence electrons. The van der Waals surface area contributed by atoms with E-state index in [0.29, 0.717) is 29.5 Å². The molecule has 3 rings (SSSR count). The largest absolute Gasteiger partial charge is 0.497 e. The second-order valence-electron chi connectivity index (χ2n) is 6.23. The van der Waals surface area contributed by atoms with Gasteiger partial charge in [0.2, 0.25) is 0 Å². The van der Waals surface area contributed by atoms with Crippen LogP contribution in [0.15, 0.2) is 54.9 Å². The van der Waals surface area contributed by atoms with Gasteiger partial charge in [-0.2, -0.15) is 0 Å². The Morgan fingerprint density at radius 1 is 1.14 bits per heavy atom. The molecule has 0 fully saturated rings. The second kappa shape index (κ2) is 9.19. The SMILES string of the molecule is COc1cccc(CCNC(=O)c2cc(Nc3ccc(Cl)cc3C)ncn2)c1. The molecule has 0 saturated carbocycles. The van der Waals surface area contributed by atoms with Gasteiger partial charge in [-0.05, 0) is 54.8 Å². The number of methoxy groups -OCH3 is 1. The predicted octanol–water partition coefficient (Wildman–Crippen LogP) is 4.16. The fourth-order valence-corrected chi connectivity index (χ4v) is 2.92. The predicted molar refractivity (Wildman–Crippen MR) is 111 cm³/mol. The van der Waals surface area contributed by atoms with Crippen molar-refractivity contribution >= 4 is 29.0 Å². The number of ether oxygens (including phenoxy) is 1. The van der Waals surface area contributed by atoms with Crippen LogP contribution in [0.3, 0.4) is 0 Å². The average molecular weight is 397 g/mol. The lowest BCUT2D eigenvalue weighted by Gasteiger charge is -2.10. The third-order valence-electron chi connectivity index (χ3n) is 4.18. The Labute approximate surface area is 168 Å². The van der Waals surface area contributed by atoms with E-state index < -0.39 is 0 Å². The molecule has 0 unspecified atom stereocenters. The van der Waals surface area contributed by atoms with Crippen LogP contribution in [0, 0.1) is 6.92 Å². The van der Waals surface area contributed by atoms with E-state index in [1.54, 1.807) is 19.2 Å². The maximum Gasteiger partial charge on any atom is 0.270 e. The third kappa shape index (κ3) is 5.20. The van der Waals surface area contributed by atoms with E-state index in [1.165, 1.54) is 6.33 Å². The van der Waals surface area contributed by atoms with E-state index in [1.807, 2.05) is 43.3 Å². The summed E-state index contributed by atoms with van der Waals surface area (Å²) in [5, 5.41) is 6.73. The monoisotopic (exact) mass is 396 g/mol. The zero-order chi connectivity index (χ0) is 19.9. The fraction of sp³-hybridized carbons (Fsp3) is 0.190. The van der Waals surface area contributed by atoms with Crippen molar-refractivity contribution in [1.82, 2.24) is 15.3 Å². The number of hydrogen-bond donors (Lipinski definition) is 2. The Morgan fingerprint density at radius 2 is 2.00 bits per heavy atom. The first-order valence-electron chi connectivity index (χ1n) is 8.81. The van der Waals surface area contributed by atoms with Gasteiger partial charge in [-0.1, -0.05) is 23.7 Å². The minimum atomic E-state index is -0.249. The topological polar surface area (TPSA) is 76.1 Å². The van der Waals surface area contributed by atoms with Crippen molar-refractivity contribution in [2.75, 3.05) is 19.0 Å². The Bertz CT molecular complexity index is 978. The Morgan fingerprint density at radius 3 is 2.79 bits per heavy atom. The first kappa shape index (κ1) is 19.6. The quantitative estimate of drug-likeness (QED) is 0.627. The van der Waals surface area contributed by atoms with Gasteiger partial charge in [-0.15, -0.1) is 0 Å². The second-order valence-corrected chi connectivity index (χ2v) is 6.67. The zero-order valence-corrected chi connectivity index (χ0v) is 16.5. The van der Waals surface area contributed by atoms with Crippen molar-refractivity contribution < 1.29 is 9.53 Å². The summed E-state index contributed by atoms with van der Waals surface area (Å²) in [6, 6.07) is 14.9. The third-order valence-corrected chi connectivity index (χ3v) is 4.42. The lowest BCUT2D eigenvalue weighted by molar-refractivity contribution is 0.0949. The van der Waals surface area contributed by atoms with Crippen molar-refractivity contribution in [2.24, 2.45) is 0 Å². The molecule has 3 aromatic rings. The van der Waals surface area contributed by atoms with Gasteiger partial charge in [0, 0.05) is 23.3 Å². The van der Waals surface area contributed by atoms with Gasteiger partial charge in [0.1, 0.15) is 23.6 Å². The van der Waals surface area contributed by atoms with Crippen LogP contribution in [0.2, 0.25) is 5.02 Å². The molecule has 0 aliphatic rings. The smallest absolute Gasteiger partial charge is 0.270 e. The molecule has 0 aliphatic carbocycles. The minimum Gasteiger partial charge on any atom is -0.497 e. The van der Waals surface area contributed by atoms with E-state index in [2.05, 4.69) is 20.6 Å². The van der Waals surface area contributed by atoms with Crippen LogP contribution >= 0.6 is 11.6 Å². The highest BCUT2D eigenvalue weighted by Crippen LogP contribution is 2.22. The molecule has 2 aromatic carbocycles. The number of hydrogen-bond acceptors (Lipinski definition) is 5. The molecule has 7 heteroatoms. The van der Waals surface area contributed by atoms with Gasteiger partial charge in [-0.3, -0.25) is 4.79 Å². The van der Waals surface area contributed by atoms with Crippen molar-refractivity contribution in [3.63, 3.8) is 0 Å². The van der Waals surface area contributed by atoms with Crippen molar-refractivity contribution in [1.29, 1.82) is 0 Å². The molecule has 2 N–H and O–H groups in total. The first-order valence-corrected chi connectivity index (χ1v) is 9.19. The number of nitrogens with zero attached hydrogens (tertiary/aromatic N) is 2. The average Bonchev–Trinajstić information content (AvgIpc) is 2.70. The van der Waals surface area contributed by atoms with Gasteiger partial charge < -0.3 is 15.4 Å². The number of halogens is 1. The van der Waals surface area contributed by atoms with Crippen LogP contribution in [-0.4, -0.2) is 29.5 Å². The number of nitrogens with one attached hydrogen (secondary N) is 2. The number of aryl methyl sites for hydroxylation is 1. The molecule has 6 nitrogen and oxygen atoms in total. The van der Waals surface area contributed by atoms with Gasteiger partial charge in [0.25, 0.3) is 5.91 Å². The molecule has 28 heavy (non-hydrogen) atoms. The summed E-state index contributed by atoms with van der Waals surface area (Å²) < 4.78 is 5.21. The molecule has 0 saturated heterocycles. The molecule has 1 heterocycles. The highest BCUT2D eigenvalue weighted by Gasteiger charge is 2.09. The summed E-state index contributed by atoms with van der Waals surface area (Å²) in [6.07, 6.45) is 2.06. The number of carbonyl (C=O) groups excluding carboxylic acids is 1. The maximum absolute atomic E-state index is 12.4. The number of rotatable bonds is 7. The number of carbonyl (C=O) groups is 1. The van der Waals surface area contributed by atoms with Gasteiger partial charge >= 0.3 is 0 Å². The molecule has 1 aromatic heterocycles. The van der Waals surface area contributed by atoms with Crippen molar-refractivity contribution in [3.05, 3.63) is 76.7 Å². The summed E-state index contributed by atoms with van der Waals surface area (Å²) in [5.74, 6) is 1.09. The van der Waals surface area contributed by atoms with Crippen molar-refractivity contribution in [2.45, 2.75) is 13.3 Å². The number of aromatic nitrogens is 2. The van der Waals surface area contributed by atoms with Crippen LogP contribution in [0.4, 0.5) is 11.5 Å². The van der Waals surface area contributed by atoms with Crippen LogP contribution in [0.5, 0.6) is 5.75 Å². The molecule has 0 bridgehead atoms. The van der Waals surface area contributed by atoms with Crippen LogP contribution in [0.25, 0.3) is 0 Å². The number of amides is 1. The zero-order valence-electron chi connectivity index (χ0n) is 15.7. The van der Waals surface area contributed by atoms with Gasteiger partial charge in [0.15, 0.2) is 0 Å². The van der Waals surface area contributed by atoms with E-state index in [9.17, 15) is 4.79 Å². The minimum absolute atomic E-state index is 0.249. The summed E-state index contributed by atoms with van der Waals surface area (Å²) in [4.78, 5) is 20.6. The summed E-state index contributed by atoms with van der Waals surface area (Å²) in [6.45, 7) is 2.44. The fourth-order valence-electron chi connectivity index (χ4n) is 2.69. The highest BCUT2D eigenvalue weighted by atomic mass is 35.5. The van der Waals surface area contributed by atoms with Crippen molar-refractivity contribution in [3.8, 4) is 5.75 Å². The molecule has 0 aliphatic heterocycles. The number of anilines is 2. The molecule has 0 atom stereocenters. The first-order chi connectivity index (χ1) is 13.5. The Hall–Kier alpha value is -3.12. The lowest BCUT2D eigenvalue weighted by Crippen LogP contribution is -2.26. The van der Waals surface area contributed by atoms with Crippen LogP contribution in [0.1, 0.15) is 21.6 Å². The van der Waals surface area contributed by atoms with E-state index in [-0.39, 0.29) is 5.91 Å². The standard InChI is InChI=1S/C21H21ClN4O2/c1-14-10-16(22)6-7-18(14)26-20-12-19(24-13-25-20)21(27)23-9-8-15-4-3-5-17(11-15)28-2/h3-7,10-13H,8-9H2,1-2H3,(H,23,27)(H,24,25,26). The highest BCUT2D eigenvalue weighted by molar-refractivity contribution is 6.30. The number of benzene rings is 2. The Kier molecular flexibility index (Phi) is 6.45. The molecule has 1 amide bonds. The Balaban J connectivity index is 1.60. The van der Waals surface area contributed by atoms with Crippen LogP contribution < -0.4 is 15.4 Å². The van der Waals surface area contributed by atoms with Crippen LogP contribution in [-0.2, 0) is 6.42 Å². The van der Waals surface area contributed by atoms with Gasteiger partial charge in [0.05, 0.1) is 7.11 Å². The summed E-state index contributed by atoms with van der Waals surface area (Å²) in [5.41, 5.74) is 3.24. The lowest BCUT2D eigenvalue weighted by atomic mass is 10.1. The van der Waals surface area contributed by atoms with E-state index in [0.717, 1.165) is 22.6 Å². The molecule has 0 spiro atoms. The molecular weight excluding hydrogens is 376 g/mol. The molecular formula is C21H21ClN4O2. The summed E-state index contributed by atoms with van der Waals surface area (Å²) in [7, 11) is 1.63. The summed E-state index contributed by atoms with van der Waals surface area (Å²) >= 11 is 5.98. The van der Waals surface area contributed by atoms with Gasteiger partial charge in [-0.25, -0.2) is 9.97 Å². The van der Waals surface area contributed by atoms with E-state index >= 15 is 0 Å². The maximum atomic E-state index is 12.4. The van der Waals surface area contributed by atoms with E-state index in [4.69, 9.17) is 16.3 Å².